The van der Waals surface area contributed by atoms with Crippen LogP contribution in [0.3, 0.4) is 0 Å². The molecule has 0 radical (unpaired) electrons. The fourth-order valence-electron chi connectivity index (χ4n) is 2.05. The zero-order valence-corrected chi connectivity index (χ0v) is 13.1. The second kappa shape index (κ2) is 6.51. The molecule has 1 unspecified atom stereocenters. The summed E-state index contributed by atoms with van der Waals surface area (Å²) in [6, 6.07) is 8.49. The van der Waals surface area contributed by atoms with Crippen LogP contribution in [0.5, 0.6) is 0 Å². The van der Waals surface area contributed by atoms with E-state index in [2.05, 4.69) is 43.2 Å². The van der Waals surface area contributed by atoms with Crippen LogP contribution in [-0.2, 0) is 13.0 Å². The normalized spacial score (nSPS) is 12.6. The lowest BCUT2D eigenvalue weighted by Crippen LogP contribution is -2.27. The van der Waals surface area contributed by atoms with E-state index in [9.17, 15) is 0 Å². The van der Waals surface area contributed by atoms with Crippen LogP contribution in [0, 0.1) is 13.8 Å². The first-order valence-corrected chi connectivity index (χ1v) is 7.65. The lowest BCUT2D eigenvalue weighted by atomic mass is 10.1. The highest BCUT2D eigenvalue weighted by atomic mass is 35.5. The molecule has 1 N–H and O–H groups in total. The number of aryl methyl sites for hydroxylation is 2. The van der Waals surface area contributed by atoms with Crippen molar-refractivity contribution in [3.05, 3.63) is 50.4 Å². The van der Waals surface area contributed by atoms with Gasteiger partial charge in [0.05, 0.1) is 10.7 Å². The number of hydrogen-bond donors (Lipinski definition) is 1. The van der Waals surface area contributed by atoms with E-state index in [-0.39, 0.29) is 0 Å². The summed E-state index contributed by atoms with van der Waals surface area (Å²) in [7, 11) is 0. The van der Waals surface area contributed by atoms with E-state index < -0.39 is 0 Å². The van der Waals surface area contributed by atoms with Gasteiger partial charge in [-0.15, -0.1) is 11.3 Å². The van der Waals surface area contributed by atoms with Gasteiger partial charge in [-0.1, -0.05) is 23.7 Å². The Bertz CT molecular complexity index is 534. The zero-order chi connectivity index (χ0) is 13.8. The van der Waals surface area contributed by atoms with Crippen LogP contribution >= 0.6 is 22.9 Å². The van der Waals surface area contributed by atoms with Crippen LogP contribution < -0.4 is 5.32 Å². The van der Waals surface area contributed by atoms with Crippen LogP contribution in [0.15, 0.2) is 24.3 Å². The molecule has 0 amide bonds. The summed E-state index contributed by atoms with van der Waals surface area (Å²) in [5.74, 6) is 0. The smallest absolute Gasteiger partial charge is 0.0900 e. The van der Waals surface area contributed by atoms with Gasteiger partial charge in [-0.25, -0.2) is 4.98 Å². The number of rotatable bonds is 5. The Kier molecular flexibility index (Phi) is 4.97. The minimum Gasteiger partial charge on any atom is -0.309 e. The van der Waals surface area contributed by atoms with E-state index in [4.69, 9.17) is 11.6 Å². The Hall–Kier alpha value is -0.900. The third-order valence-electron chi connectivity index (χ3n) is 3.07. The summed E-state index contributed by atoms with van der Waals surface area (Å²) < 4.78 is 0. The topological polar surface area (TPSA) is 24.9 Å². The van der Waals surface area contributed by atoms with Gasteiger partial charge in [0.2, 0.25) is 0 Å². The number of hydrogen-bond acceptors (Lipinski definition) is 3. The summed E-state index contributed by atoms with van der Waals surface area (Å²) in [4.78, 5) is 5.78. The van der Waals surface area contributed by atoms with Gasteiger partial charge in [-0.3, -0.25) is 0 Å². The van der Waals surface area contributed by atoms with Crippen molar-refractivity contribution in [1.82, 2.24) is 10.3 Å². The summed E-state index contributed by atoms with van der Waals surface area (Å²) in [5, 5.41) is 5.48. The maximum atomic E-state index is 5.89. The van der Waals surface area contributed by atoms with Gasteiger partial charge in [0, 0.05) is 22.5 Å². The maximum Gasteiger partial charge on any atom is 0.0900 e. The summed E-state index contributed by atoms with van der Waals surface area (Å²) in [6.45, 7) is 7.23. The molecular formula is C15H19ClN2S. The van der Waals surface area contributed by atoms with Gasteiger partial charge >= 0.3 is 0 Å². The molecule has 0 aliphatic heterocycles. The van der Waals surface area contributed by atoms with Crippen LogP contribution in [0.4, 0.5) is 0 Å². The van der Waals surface area contributed by atoms with E-state index in [1.54, 1.807) is 11.3 Å². The van der Waals surface area contributed by atoms with Gasteiger partial charge < -0.3 is 5.32 Å². The van der Waals surface area contributed by atoms with Gasteiger partial charge in [-0.05, 0) is 44.9 Å². The molecular weight excluding hydrogens is 276 g/mol. The molecule has 0 saturated carbocycles. The molecule has 2 nitrogen and oxygen atoms in total. The van der Waals surface area contributed by atoms with Crippen LogP contribution in [0.2, 0.25) is 5.02 Å². The standard InChI is InChI=1S/C15H19ClN2S/c1-10(8-13-4-6-14(16)7-5-13)17-9-15-11(2)18-12(3)19-15/h4-7,10,17H,8-9H2,1-3H3. The maximum absolute atomic E-state index is 5.89. The molecule has 0 aliphatic rings. The molecule has 0 aliphatic carbocycles. The quantitative estimate of drug-likeness (QED) is 0.897. The Morgan fingerprint density at radius 2 is 1.95 bits per heavy atom. The second-order valence-corrected chi connectivity index (χ2v) is 6.58. The number of nitrogens with zero attached hydrogens (tertiary/aromatic N) is 1. The largest absolute Gasteiger partial charge is 0.309 e. The predicted molar refractivity (Wildman–Crippen MR) is 83.0 cm³/mol. The molecule has 19 heavy (non-hydrogen) atoms. The first-order chi connectivity index (χ1) is 9.04. The SMILES string of the molecule is Cc1nc(C)c(CNC(C)Cc2ccc(Cl)cc2)s1. The molecule has 102 valence electrons. The molecule has 1 atom stereocenters. The monoisotopic (exact) mass is 294 g/mol. The van der Waals surface area contributed by atoms with Crippen LogP contribution in [0.1, 0.15) is 28.1 Å². The van der Waals surface area contributed by atoms with Crippen molar-refractivity contribution in [2.24, 2.45) is 0 Å². The lowest BCUT2D eigenvalue weighted by molar-refractivity contribution is 0.547. The molecule has 0 spiro atoms. The third-order valence-corrected chi connectivity index (χ3v) is 4.39. The van der Waals surface area contributed by atoms with Crippen molar-refractivity contribution in [2.75, 3.05) is 0 Å². The number of halogens is 1. The Morgan fingerprint density at radius 1 is 1.26 bits per heavy atom. The Labute approximate surface area is 123 Å². The van der Waals surface area contributed by atoms with E-state index >= 15 is 0 Å². The van der Waals surface area contributed by atoms with E-state index in [0.29, 0.717) is 6.04 Å². The van der Waals surface area contributed by atoms with E-state index in [1.807, 2.05) is 12.1 Å². The molecule has 0 bridgehead atoms. The van der Waals surface area contributed by atoms with E-state index in [0.717, 1.165) is 28.7 Å². The van der Waals surface area contributed by atoms with Gasteiger partial charge in [0.25, 0.3) is 0 Å². The second-order valence-electron chi connectivity index (χ2n) is 4.85. The molecule has 2 aromatic rings. The first kappa shape index (κ1) is 14.5. The molecule has 0 fully saturated rings. The summed E-state index contributed by atoms with van der Waals surface area (Å²) in [5.41, 5.74) is 2.45. The Morgan fingerprint density at radius 3 is 2.53 bits per heavy atom. The third kappa shape index (κ3) is 4.30. The van der Waals surface area contributed by atoms with Crippen LogP contribution in [0.25, 0.3) is 0 Å². The van der Waals surface area contributed by atoms with Gasteiger partial charge in [0.15, 0.2) is 0 Å². The molecule has 1 aromatic heterocycles. The lowest BCUT2D eigenvalue weighted by Gasteiger charge is -2.13. The molecule has 4 heteroatoms. The highest BCUT2D eigenvalue weighted by molar-refractivity contribution is 7.11. The van der Waals surface area contributed by atoms with Crippen molar-refractivity contribution in [3.8, 4) is 0 Å². The van der Waals surface area contributed by atoms with Crippen LogP contribution in [-0.4, -0.2) is 11.0 Å². The molecule has 2 rings (SSSR count). The Balaban J connectivity index is 1.86. The van der Waals surface area contributed by atoms with Gasteiger partial charge in [-0.2, -0.15) is 0 Å². The highest BCUT2D eigenvalue weighted by Gasteiger charge is 2.07. The number of benzene rings is 1. The van der Waals surface area contributed by atoms with Crippen molar-refractivity contribution in [3.63, 3.8) is 0 Å². The summed E-state index contributed by atoms with van der Waals surface area (Å²) >= 11 is 7.66. The zero-order valence-electron chi connectivity index (χ0n) is 11.5. The number of nitrogens with one attached hydrogen (secondary N) is 1. The van der Waals surface area contributed by atoms with Crippen molar-refractivity contribution in [2.45, 2.75) is 39.8 Å². The number of aromatic nitrogens is 1. The van der Waals surface area contributed by atoms with Gasteiger partial charge in [0.1, 0.15) is 0 Å². The fourth-order valence-corrected chi connectivity index (χ4v) is 3.06. The summed E-state index contributed by atoms with van der Waals surface area (Å²) in [6.07, 6.45) is 1.01. The molecule has 1 aromatic carbocycles. The van der Waals surface area contributed by atoms with E-state index in [1.165, 1.54) is 10.4 Å². The minimum absolute atomic E-state index is 0.433. The average Bonchev–Trinajstić information content (AvgIpc) is 2.68. The highest BCUT2D eigenvalue weighted by Crippen LogP contribution is 2.17. The number of thiazole rings is 1. The molecule has 1 heterocycles. The fraction of sp³-hybridized carbons (Fsp3) is 0.400. The van der Waals surface area contributed by atoms with Crippen molar-refractivity contribution < 1.29 is 0 Å². The minimum atomic E-state index is 0.433. The van der Waals surface area contributed by atoms with Crippen molar-refractivity contribution >= 4 is 22.9 Å². The average molecular weight is 295 g/mol. The molecule has 0 saturated heterocycles. The van der Waals surface area contributed by atoms with Crippen molar-refractivity contribution in [1.29, 1.82) is 0 Å². The first-order valence-electron chi connectivity index (χ1n) is 6.45. The predicted octanol–water partition coefficient (Wildman–Crippen LogP) is 4.13.